The summed E-state index contributed by atoms with van der Waals surface area (Å²) in [5.41, 5.74) is 5.86. The zero-order valence-corrected chi connectivity index (χ0v) is 11.2. The summed E-state index contributed by atoms with van der Waals surface area (Å²) in [5.74, 6) is 0.396. The Kier molecular flexibility index (Phi) is 3.95. The molecule has 0 fully saturated rings. The molecule has 0 aliphatic rings. The van der Waals surface area contributed by atoms with Crippen molar-refractivity contribution in [2.75, 3.05) is 6.54 Å². The van der Waals surface area contributed by atoms with Crippen LogP contribution in [0.4, 0.5) is 4.39 Å². The second-order valence-corrected chi connectivity index (χ2v) is 4.59. The van der Waals surface area contributed by atoms with Crippen LogP contribution in [0.25, 0.3) is 11.4 Å². The Morgan fingerprint density at radius 2 is 1.95 bits per heavy atom. The van der Waals surface area contributed by atoms with Crippen LogP contribution in [0.1, 0.15) is 32.6 Å². The van der Waals surface area contributed by atoms with Crippen molar-refractivity contribution in [1.82, 2.24) is 10.1 Å². The lowest BCUT2D eigenvalue weighted by Gasteiger charge is -2.24. The number of hydrogen-bond donors (Lipinski definition) is 1. The molecular formula is C14H18FN3O. The monoisotopic (exact) mass is 263 g/mol. The number of hydrogen-bond acceptors (Lipinski definition) is 4. The van der Waals surface area contributed by atoms with Gasteiger partial charge in [0.15, 0.2) is 0 Å². The van der Waals surface area contributed by atoms with Crippen molar-refractivity contribution in [3.8, 4) is 11.4 Å². The predicted molar refractivity (Wildman–Crippen MR) is 71.0 cm³/mol. The van der Waals surface area contributed by atoms with Crippen LogP contribution < -0.4 is 5.73 Å². The third kappa shape index (κ3) is 2.38. The standard InChI is InChI=1S/C14H18FN3O/c1-3-14(4-2,9-16)13-17-12(18-19-13)10-7-5-6-8-11(10)15/h5-8H,3-4,9,16H2,1-2H3. The summed E-state index contributed by atoms with van der Waals surface area (Å²) in [7, 11) is 0. The van der Waals surface area contributed by atoms with Crippen molar-refractivity contribution < 1.29 is 8.91 Å². The molecule has 2 N–H and O–H groups in total. The largest absolute Gasteiger partial charge is 0.338 e. The minimum absolute atomic E-state index is 0.271. The Hall–Kier alpha value is -1.75. The Morgan fingerprint density at radius 3 is 2.53 bits per heavy atom. The summed E-state index contributed by atoms with van der Waals surface area (Å²) >= 11 is 0. The zero-order valence-electron chi connectivity index (χ0n) is 11.2. The smallest absolute Gasteiger partial charge is 0.234 e. The van der Waals surface area contributed by atoms with Gasteiger partial charge in [-0.25, -0.2) is 4.39 Å². The first kappa shape index (κ1) is 13.7. The minimum Gasteiger partial charge on any atom is -0.338 e. The maximum absolute atomic E-state index is 13.7. The van der Waals surface area contributed by atoms with Gasteiger partial charge in [0.25, 0.3) is 0 Å². The third-order valence-corrected chi connectivity index (χ3v) is 3.74. The number of benzene rings is 1. The second kappa shape index (κ2) is 5.48. The van der Waals surface area contributed by atoms with Crippen LogP contribution in [0, 0.1) is 5.82 Å². The molecule has 0 bridgehead atoms. The number of nitrogens with zero attached hydrogens (tertiary/aromatic N) is 2. The Morgan fingerprint density at radius 1 is 1.26 bits per heavy atom. The van der Waals surface area contributed by atoms with Crippen LogP contribution in [-0.2, 0) is 5.41 Å². The molecule has 0 aliphatic heterocycles. The Bertz CT molecular complexity index is 541. The van der Waals surface area contributed by atoms with E-state index in [1.165, 1.54) is 6.07 Å². The van der Waals surface area contributed by atoms with Crippen LogP contribution >= 0.6 is 0 Å². The SMILES string of the molecule is CCC(CC)(CN)c1nc(-c2ccccc2F)no1. The molecule has 5 heteroatoms. The molecule has 0 aliphatic carbocycles. The van der Waals surface area contributed by atoms with Crippen LogP contribution in [0.15, 0.2) is 28.8 Å². The molecule has 0 saturated heterocycles. The summed E-state index contributed by atoms with van der Waals surface area (Å²) in [6.07, 6.45) is 1.61. The minimum atomic E-state index is -0.360. The van der Waals surface area contributed by atoms with Gasteiger partial charge in [0.1, 0.15) is 5.82 Å². The predicted octanol–water partition coefficient (Wildman–Crippen LogP) is 2.89. The van der Waals surface area contributed by atoms with Crippen molar-refractivity contribution in [2.24, 2.45) is 5.73 Å². The summed E-state index contributed by atoms with van der Waals surface area (Å²) < 4.78 is 19.0. The highest BCUT2D eigenvalue weighted by Crippen LogP contribution is 2.31. The highest BCUT2D eigenvalue weighted by Gasteiger charge is 2.33. The third-order valence-electron chi connectivity index (χ3n) is 3.74. The lowest BCUT2D eigenvalue weighted by atomic mass is 9.82. The average molecular weight is 263 g/mol. The van der Waals surface area contributed by atoms with E-state index < -0.39 is 0 Å². The number of rotatable bonds is 5. The lowest BCUT2D eigenvalue weighted by molar-refractivity contribution is 0.267. The summed E-state index contributed by atoms with van der Waals surface area (Å²) in [6, 6.07) is 6.37. The van der Waals surface area contributed by atoms with E-state index in [1.807, 2.05) is 13.8 Å². The van der Waals surface area contributed by atoms with E-state index in [-0.39, 0.29) is 17.1 Å². The molecule has 0 atom stereocenters. The van der Waals surface area contributed by atoms with Gasteiger partial charge in [0.2, 0.25) is 11.7 Å². The Labute approximate surface area is 111 Å². The molecule has 102 valence electrons. The van der Waals surface area contributed by atoms with Gasteiger partial charge in [-0.05, 0) is 25.0 Å². The van der Waals surface area contributed by atoms with Gasteiger partial charge in [0, 0.05) is 6.54 Å². The van der Waals surface area contributed by atoms with Gasteiger partial charge >= 0.3 is 0 Å². The fraction of sp³-hybridized carbons (Fsp3) is 0.429. The topological polar surface area (TPSA) is 64.9 Å². The highest BCUT2D eigenvalue weighted by atomic mass is 19.1. The molecule has 4 nitrogen and oxygen atoms in total. The van der Waals surface area contributed by atoms with E-state index in [2.05, 4.69) is 10.1 Å². The first-order valence-corrected chi connectivity index (χ1v) is 6.46. The molecule has 1 aromatic carbocycles. The normalized spacial score (nSPS) is 11.8. The van der Waals surface area contributed by atoms with Crippen molar-refractivity contribution >= 4 is 0 Å². The first-order chi connectivity index (χ1) is 9.16. The highest BCUT2D eigenvalue weighted by molar-refractivity contribution is 5.54. The summed E-state index contributed by atoms with van der Waals surface area (Å²) in [4.78, 5) is 4.33. The first-order valence-electron chi connectivity index (χ1n) is 6.46. The average Bonchev–Trinajstić information content (AvgIpc) is 2.92. The van der Waals surface area contributed by atoms with E-state index in [1.54, 1.807) is 18.2 Å². The van der Waals surface area contributed by atoms with Gasteiger partial charge in [-0.15, -0.1) is 0 Å². The molecule has 2 aromatic rings. The van der Waals surface area contributed by atoms with Crippen LogP contribution in [-0.4, -0.2) is 16.7 Å². The van der Waals surface area contributed by atoms with E-state index in [0.29, 0.717) is 18.0 Å². The van der Waals surface area contributed by atoms with Crippen molar-refractivity contribution in [3.63, 3.8) is 0 Å². The molecule has 0 radical (unpaired) electrons. The van der Waals surface area contributed by atoms with E-state index >= 15 is 0 Å². The zero-order chi connectivity index (χ0) is 13.9. The van der Waals surface area contributed by atoms with Crippen molar-refractivity contribution in [2.45, 2.75) is 32.1 Å². The van der Waals surface area contributed by atoms with Crippen LogP contribution in [0.2, 0.25) is 0 Å². The molecule has 0 unspecified atom stereocenters. The Balaban J connectivity index is 2.42. The maximum atomic E-state index is 13.7. The molecule has 0 amide bonds. The lowest BCUT2D eigenvalue weighted by Crippen LogP contribution is -2.34. The van der Waals surface area contributed by atoms with E-state index in [4.69, 9.17) is 10.3 Å². The van der Waals surface area contributed by atoms with E-state index in [0.717, 1.165) is 12.8 Å². The van der Waals surface area contributed by atoms with Crippen molar-refractivity contribution in [3.05, 3.63) is 36.0 Å². The van der Waals surface area contributed by atoms with Crippen LogP contribution in [0.3, 0.4) is 0 Å². The quantitative estimate of drug-likeness (QED) is 0.900. The van der Waals surface area contributed by atoms with Gasteiger partial charge in [-0.2, -0.15) is 4.98 Å². The summed E-state index contributed by atoms with van der Waals surface area (Å²) in [5, 5.41) is 3.88. The number of aromatic nitrogens is 2. The molecule has 0 spiro atoms. The molecule has 0 saturated carbocycles. The van der Waals surface area contributed by atoms with Gasteiger partial charge in [-0.3, -0.25) is 0 Å². The molecule has 2 rings (SSSR count). The second-order valence-electron chi connectivity index (χ2n) is 4.59. The fourth-order valence-electron chi connectivity index (χ4n) is 2.12. The molecule has 19 heavy (non-hydrogen) atoms. The van der Waals surface area contributed by atoms with Gasteiger partial charge in [-0.1, -0.05) is 31.1 Å². The van der Waals surface area contributed by atoms with E-state index in [9.17, 15) is 4.39 Å². The van der Waals surface area contributed by atoms with Crippen molar-refractivity contribution in [1.29, 1.82) is 0 Å². The van der Waals surface area contributed by atoms with Gasteiger partial charge < -0.3 is 10.3 Å². The fourth-order valence-corrected chi connectivity index (χ4v) is 2.12. The van der Waals surface area contributed by atoms with Gasteiger partial charge in [0.05, 0.1) is 11.0 Å². The number of nitrogens with two attached hydrogens (primary N) is 1. The number of halogens is 1. The van der Waals surface area contributed by atoms with Crippen LogP contribution in [0.5, 0.6) is 0 Å². The maximum Gasteiger partial charge on any atom is 0.234 e. The molecular weight excluding hydrogens is 245 g/mol. The molecule has 1 aromatic heterocycles. The summed E-state index contributed by atoms with van der Waals surface area (Å²) in [6.45, 7) is 4.49. The molecule has 1 heterocycles.